The van der Waals surface area contributed by atoms with E-state index < -0.39 is 10.0 Å². The molecule has 3 aromatic rings. The average Bonchev–Trinajstić information content (AvgIpc) is 3.25. The zero-order chi connectivity index (χ0) is 19.7. The fourth-order valence-corrected chi connectivity index (χ4v) is 4.93. The highest BCUT2D eigenvalue weighted by Gasteiger charge is 2.29. The van der Waals surface area contributed by atoms with Crippen molar-refractivity contribution in [3.8, 4) is 5.69 Å². The van der Waals surface area contributed by atoms with Gasteiger partial charge in [0.15, 0.2) is 0 Å². The molecule has 2 heterocycles. The molecule has 2 aromatic carbocycles. The second-order valence-electron chi connectivity index (χ2n) is 6.86. The van der Waals surface area contributed by atoms with Crippen LogP contribution in [0.5, 0.6) is 0 Å². The molecule has 1 saturated heterocycles. The lowest BCUT2D eigenvalue weighted by Gasteiger charge is -2.36. The molecule has 0 N–H and O–H groups in total. The van der Waals surface area contributed by atoms with E-state index in [0.29, 0.717) is 31.9 Å². The van der Waals surface area contributed by atoms with E-state index in [0.717, 1.165) is 0 Å². The van der Waals surface area contributed by atoms with E-state index >= 15 is 0 Å². The van der Waals surface area contributed by atoms with E-state index in [-0.39, 0.29) is 4.90 Å². The van der Waals surface area contributed by atoms with Gasteiger partial charge in [-0.2, -0.15) is 4.31 Å². The number of tetrazole rings is 1. The molecular weight excluding hydrogens is 376 g/mol. The summed E-state index contributed by atoms with van der Waals surface area (Å²) < 4.78 is 29.2. The summed E-state index contributed by atoms with van der Waals surface area (Å²) in [7, 11) is -3.57. The number of hydrogen-bond donors (Lipinski definition) is 0. The molecule has 146 valence electrons. The van der Waals surface area contributed by atoms with Gasteiger partial charge in [-0.05, 0) is 59.7 Å². The largest absolute Gasteiger partial charge is 0.369 e. The summed E-state index contributed by atoms with van der Waals surface area (Å²) in [5.41, 5.74) is 4.28. The summed E-state index contributed by atoms with van der Waals surface area (Å²) in [5.74, 6) is 0. The summed E-state index contributed by atoms with van der Waals surface area (Å²) in [4.78, 5) is 2.51. The van der Waals surface area contributed by atoms with E-state index in [1.807, 2.05) is 6.07 Å². The maximum atomic E-state index is 13.1. The Bertz CT molecular complexity index is 1070. The van der Waals surface area contributed by atoms with Crippen LogP contribution in [0.4, 0.5) is 5.69 Å². The lowest BCUT2D eigenvalue weighted by atomic mass is 10.1. The molecule has 4 rings (SSSR count). The molecule has 0 radical (unpaired) electrons. The van der Waals surface area contributed by atoms with Crippen molar-refractivity contribution >= 4 is 15.7 Å². The van der Waals surface area contributed by atoms with Crippen molar-refractivity contribution < 1.29 is 8.42 Å². The Morgan fingerprint density at radius 1 is 0.964 bits per heavy atom. The second-order valence-corrected chi connectivity index (χ2v) is 8.80. The Kier molecular flexibility index (Phi) is 4.86. The third kappa shape index (κ3) is 3.38. The molecule has 28 heavy (non-hydrogen) atoms. The third-order valence-electron chi connectivity index (χ3n) is 5.22. The van der Waals surface area contributed by atoms with E-state index in [9.17, 15) is 8.42 Å². The van der Waals surface area contributed by atoms with Gasteiger partial charge in [-0.25, -0.2) is 13.1 Å². The lowest BCUT2D eigenvalue weighted by molar-refractivity contribution is 0.384. The molecule has 0 spiro atoms. The third-order valence-corrected chi connectivity index (χ3v) is 7.12. The van der Waals surface area contributed by atoms with Gasteiger partial charge >= 0.3 is 0 Å². The maximum Gasteiger partial charge on any atom is 0.243 e. The van der Waals surface area contributed by atoms with Gasteiger partial charge in [0.1, 0.15) is 6.33 Å². The van der Waals surface area contributed by atoms with Gasteiger partial charge in [0.25, 0.3) is 0 Å². The number of anilines is 1. The van der Waals surface area contributed by atoms with Gasteiger partial charge < -0.3 is 4.90 Å². The monoisotopic (exact) mass is 398 g/mol. The first-order valence-corrected chi connectivity index (χ1v) is 10.6. The summed E-state index contributed by atoms with van der Waals surface area (Å²) in [6.45, 7) is 6.43. The smallest absolute Gasteiger partial charge is 0.243 e. The molecule has 1 aliphatic heterocycles. The minimum Gasteiger partial charge on any atom is -0.369 e. The number of nitrogens with zero attached hydrogens (tertiary/aromatic N) is 6. The number of aromatic nitrogens is 4. The summed E-state index contributed by atoms with van der Waals surface area (Å²) in [6.07, 6.45) is 1.44. The normalized spacial score (nSPS) is 15.7. The van der Waals surface area contributed by atoms with Crippen LogP contribution >= 0.6 is 0 Å². The number of hydrogen-bond acceptors (Lipinski definition) is 6. The van der Waals surface area contributed by atoms with Gasteiger partial charge in [-0.3, -0.25) is 0 Å². The summed E-state index contributed by atoms with van der Waals surface area (Å²) in [5, 5.41) is 11.0. The Balaban J connectivity index is 1.53. The van der Waals surface area contributed by atoms with Crippen LogP contribution in [0.1, 0.15) is 11.1 Å². The molecular formula is C19H22N6O2S. The number of benzene rings is 2. The Hall–Kier alpha value is -2.78. The van der Waals surface area contributed by atoms with Gasteiger partial charge in [-0.15, -0.1) is 5.10 Å². The van der Waals surface area contributed by atoms with E-state index in [1.165, 1.54) is 27.8 Å². The van der Waals surface area contributed by atoms with Gasteiger partial charge in [0, 0.05) is 31.9 Å². The van der Waals surface area contributed by atoms with Crippen LogP contribution in [-0.4, -0.2) is 59.1 Å². The molecule has 0 aliphatic carbocycles. The van der Waals surface area contributed by atoms with Crippen molar-refractivity contribution in [3.63, 3.8) is 0 Å². The first kappa shape index (κ1) is 18.6. The average molecular weight is 398 g/mol. The quantitative estimate of drug-likeness (QED) is 0.666. The number of aryl methyl sites for hydroxylation is 1. The highest BCUT2D eigenvalue weighted by Crippen LogP contribution is 2.26. The number of piperazine rings is 1. The van der Waals surface area contributed by atoms with Crippen LogP contribution in [0.15, 0.2) is 53.7 Å². The molecule has 0 unspecified atom stereocenters. The van der Waals surface area contributed by atoms with Crippen molar-refractivity contribution in [1.29, 1.82) is 0 Å². The molecule has 9 heteroatoms. The predicted octanol–water partition coefficient (Wildman–Crippen LogP) is 1.79. The lowest BCUT2D eigenvalue weighted by Crippen LogP contribution is -2.48. The van der Waals surface area contributed by atoms with Gasteiger partial charge in [-0.1, -0.05) is 18.2 Å². The fraction of sp³-hybridized carbons (Fsp3) is 0.316. The van der Waals surface area contributed by atoms with Crippen molar-refractivity contribution in [2.45, 2.75) is 18.7 Å². The van der Waals surface area contributed by atoms with Crippen molar-refractivity contribution in [1.82, 2.24) is 24.5 Å². The van der Waals surface area contributed by atoms with E-state index in [1.54, 1.807) is 28.6 Å². The molecule has 8 nitrogen and oxygen atoms in total. The topological polar surface area (TPSA) is 84.2 Å². The first-order valence-electron chi connectivity index (χ1n) is 9.11. The van der Waals surface area contributed by atoms with Crippen LogP contribution in [0, 0.1) is 13.8 Å². The van der Waals surface area contributed by atoms with Crippen LogP contribution in [0.2, 0.25) is 0 Å². The summed E-state index contributed by atoms with van der Waals surface area (Å²) >= 11 is 0. The fourth-order valence-electron chi connectivity index (χ4n) is 3.46. The zero-order valence-electron chi connectivity index (χ0n) is 15.9. The number of sulfonamides is 1. The maximum absolute atomic E-state index is 13.1. The molecule has 0 saturated carbocycles. The first-order chi connectivity index (χ1) is 13.5. The Morgan fingerprint density at radius 2 is 1.71 bits per heavy atom. The van der Waals surface area contributed by atoms with Crippen molar-refractivity contribution in [2.24, 2.45) is 0 Å². The van der Waals surface area contributed by atoms with Crippen molar-refractivity contribution in [2.75, 3.05) is 31.1 Å². The SMILES string of the molecule is Cc1cccc(N2CCN(S(=O)(=O)c3cccc(-n4cnnn4)c3)CC2)c1C. The zero-order valence-corrected chi connectivity index (χ0v) is 16.7. The van der Waals surface area contributed by atoms with E-state index in [2.05, 4.69) is 46.4 Å². The molecule has 0 amide bonds. The van der Waals surface area contributed by atoms with Crippen LogP contribution in [-0.2, 0) is 10.0 Å². The summed E-state index contributed by atoms with van der Waals surface area (Å²) in [6, 6.07) is 12.9. The number of rotatable bonds is 4. The van der Waals surface area contributed by atoms with Gasteiger partial charge in [0.05, 0.1) is 10.6 Å². The van der Waals surface area contributed by atoms with Gasteiger partial charge in [0.2, 0.25) is 10.0 Å². The highest BCUT2D eigenvalue weighted by molar-refractivity contribution is 7.89. The van der Waals surface area contributed by atoms with Crippen LogP contribution < -0.4 is 4.90 Å². The standard InChI is InChI=1S/C19H22N6O2S/c1-15-5-3-8-19(16(15)2)23-9-11-24(12-10-23)28(26,27)18-7-4-6-17(13-18)25-14-20-21-22-25/h3-8,13-14H,9-12H2,1-2H3. The molecule has 1 aliphatic rings. The highest BCUT2D eigenvalue weighted by atomic mass is 32.2. The molecule has 1 fully saturated rings. The van der Waals surface area contributed by atoms with Crippen molar-refractivity contribution in [3.05, 3.63) is 59.9 Å². The predicted molar refractivity (Wildman–Crippen MR) is 106 cm³/mol. The molecule has 0 atom stereocenters. The minimum absolute atomic E-state index is 0.251. The Labute approximate surface area is 164 Å². The molecule has 1 aromatic heterocycles. The minimum atomic E-state index is -3.57. The van der Waals surface area contributed by atoms with Crippen LogP contribution in [0.25, 0.3) is 5.69 Å². The molecule has 0 bridgehead atoms. The Morgan fingerprint density at radius 3 is 2.43 bits per heavy atom. The van der Waals surface area contributed by atoms with E-state index in [4.69, 9.17) is 0 Å². The van der Waals surface area contributed by atoms with Crippen LogP contribution in [0.3, 0.4) is 0 Å². The second kappa shape index (κ2) is 7.33.